The van der Waals surface area contributed by atoms with Crippen LogP contribution in [0, 0.1) is 0 Å². The Kier molecular flexibility index (Phi) is 18.6. The lowest BCUT2D eigenvalue weighted by Gasteiger charge is -2.28. The van der Waals surface area contributed by atoms with Gasteiger partial charge in [0.2, 0.25) is 0 Å². The Morgan fingerprint density at radius 2 is 0.915 bits per heavy atom. The summed E-state index contributed by atoms with van der Waals surface area (Å²) in [5.41, 5.74) is 19.7. The van der Waals surface area contributed by atoms with Gasteiger partial charge in [0.25, 0.3) is 0 Å². The number of carbonyl (C=O) groups excluding carboxylic acids is 2. The first-order valence-corrected chi connectivity index (χ1v) is 33.0. The molecule has 9 aromatic rings. The van der Waals surface area contributed by atoms with Gasteiger partial charge in [-0.05, 0) is 182 Å². The number of aromatic amines is 2. The largest absolute Gasteiger partial charge is 0.445 e. The van der Waals surface area contributed by atoms with E-state index in [2.05, 4.69) is 124 Å². The maximum absolute atomic E-state index is 13.3. The van der Waals surface area contributed by atoms with E-state index in [9.17, 15) is 19.2 Å². The summed E-state index contributed by atoms with van der Waals surface area (Å²) in [5, 5.41) is 8.39. The van der Waals surface area contributed by atoms with Crippen LogP contribution < -0.4 is 21.5 Å². The number of hydrogen-bond donors (Lipinski definition) is 4. The molecule has 0 saturated carbocycles. The van der Waals surface area contributed by atoms with Gasteiger partial charge in [-0.3, -0.25) is 29.4 Å². The summed E-state index contributed by atoms with van der Waals surface area (Å²) in [7, 11) is 0. The lowest BCUT2D eigenvalue weighted by Crippen LogP contribution is -2.43. The number of H-pyrrole nitrogens is 2. The fraction of sp³-hybridized carbons (Fsp3) is 0.291. The van der Waals surface area contributed by atoms with Gasteiger partial charge in [0.1, 0.15) is 12.2 Å². The fourth-order valence-corrected chi connectivity index (χ4v) is 14.1. The number of nitrogens with zero attached hydrogens (tertiary/aromatic N) is 4. The Labute approximate surface area is 555 Å². The topological polar surface area (TPSA) is 174 Å². The van der Waals surface area contributed by atoms with Crippen molar-refractivity contribution < 1.29 is 19.1 Å². The Bertz CT molecular complexity index is 4520. The van der Waals surface area contributed by atoms with E-state index in [-0.39, 0.29) is 61.3 Å². The molecule has 4 saturated heterocycles. The Morgan fingerprint density at radius 1 is 0.479 bits per heavy atom. The Morgan fingerprint density at radius 3 is 1.43 bits per heavy atom. The summed E-state index contributed by atoms with van der Waals surface area (Å²) < 4.78 is 11.3. The molecule has 0 bridgehead atoms. The molecule has 0 radical (unpaired) electrons. The summed E-state index contributed by atoms with van der Waals surface area (Å²) in [6, 6.07) is 59.9. The van der Waals surface area contributed by atoms with Gasteiger partial charge in [0.15, 0.2) is 10.9 Å². The Hall–Kier alpha value is -9.41. The molecule has 0 spiro atoms. The summed E-state index contributed by atoms with van der Waals surface area (Å²) in [5.74, 6) is 0. The van der Waals surface area contributed by atoms with E-state index in [1.54, 1.807) is 17.0 Å². The van der Waals surface area contributed by atoms with Gasteiger partial charge in [0, 0.05) is 96.1 Å². The number of allylic oxidation sites excluding steroid dienone is 2. The molecule has 14 nitrogen and oxygen atoms in total. The number of benzene rings is 7. The maximum atomic E-state index is 13.3. The van der Waals surface area contributed by atoms with Gasteiger partial charge >= 0.3 is 12.2 Å². The zero-order chi connectivity index (χ0) is 63.6. The first kappa shape index (κ1) is 63.4. The predicted molar refractivity (Wildman–Crippen MR) is 384 cm³/mol. The first-order chi connectivity index (χ1) is 45.3. The van der Waals surface area contributed by atoms with E-state index in [1.807, 2.05) is 98.7 Å². The average molecular weight is 1270 g/mol. The minimum atomic E-state index is -0.530. The molecule has 15 heteroatoms. The number of hydrogen-bond acceptors (Lipinski definition) is 10. The van der Waals surface area contributed by atoms with Crippen molar-refractivity contribution in [3.05, 3.63) is 237 Å². The van der Waals surface area contributed by atoms with E-state index < -0.39 is 5.60 Å². The van der Waals surface area contributed by atoms with Crippen LogP contribution in [0.25, 0.3) is 77.5 Å². The number of aliphatic imine (C=N–C) groups is 2. The van der Waals surface area contributed by atoms with Crippen molar-refractivity contribution in [1.29, 1.82) is 0 Å². The van der Waals surface area contributed by atoms with Gasteiger partial charge in [-0.2, -0.15) is 13.5 Å². The molecular formula is C79H80N8O6S. The van der Waals surface area contributed by atoms with Gasteiger partial charge in [-0.25, -0.2) is 9.59 Å². The van der Waals surface area contributed by atoms with E-state index in [0.29, 0.717) is 24.5 Å². The summed E-state index contributed by atoms with van der Waals surface area (Å²) in [6.07, 6.45) is 13.1. The zero-order valence-corrected chi connectivity index (χ0v) is 54.6. The van der Waals surface area contributed by atoms with Gasteiger partial charge in [-0.1, -0.05) is 140 Å². The van der Waals surface area contributed by atoms with Crippen molar-refractivity contribution in [2.24, 2.45) is 9.98 Å². The van der Waals surface area contributed by atoms with E-state index in [0.717, 1.165) is 148 Å². The van der Waals surface area contributed by atoms with Crippen LogP contribution in [0.3, 0.4) is 0 Å². The lowest BCUT2D eigenvalue weighted by molar-refractivity contribution is 0.0265. The molecule has 4 atom stereocenters. The molecule has 6 aliphatic rings. The number of rotatable bonds is 12. The number of aromatic nitrogens is 2. The highest BCUT2D eigenvalue weighted by atomic mass is 32.1. The number of pyridine rings is 2. The van der Waals surface area contributed by atoms with Crippen molar-refractivity contribution in [3.8, 4) is 44.5 Å². The Balaban J connectivity index is 0.000000180. The molecule has 4 N–H and O–H groups in total. The highest BCUT2D eigenvalue weighted by Crippen LogP contribution is 2.37. The number of likely N-dealkylation sites (tertiary alicyclic amines) is 2. The molecule has 8 heterocycles. The normalized spacial score (nSPS) is 19.3. The van der Waals surface area contributed by atoms with Crippen LogP contribution in [0.2, 0.25) is 0 Å². The molecule has 0 aliphatic carbocycles. The highest BCUT2D eigenvalue weighted by molar-refractivity contribution is 7.59. The molecule has 478 valence electrons. The fourth-order valence-electron chi connectivity index (χ4n) is 14.1. The SMILES string of the molecule is CC(C)(C)OC(=O)N1CCC[C@H]1C1=NC=C(c2ccc(-c3ccc(-c4ccc5c(=O)cc(C6CCCN6C(=O)OCc6ccccc6)[nH]c5c4)cc3)cc2)C1.O=c1cc(C2CCCN2)[nH]c2cc(-c3ccc(-c4ccc(C5=CN=C([C@@H]6CCCN6)C5)cc4)cc3)ccc12.S. The minimum absolute atomic E-state index is 0. The number of amides is 2. The third-order valence-electron chi connectivity index (χ3n) is 19.0. The van der Waals surface area contributed by atoms with Crippen molar-refractivity contribution in [1.82, 2.24) is 30.4 Å². The third kappa shape index (κ3) is 13.9. The number of carbonyl (C=O) groups is 2. The van der Waals surface area contributed by atoms with Crippen molar-refractivity contribution in [2.75, 3.05) is 26.2 Å². The molecule has 6 aliphatic heterocycles. The smallest absolute Gasteiger partial charge is 0.410 e. The van der Waals surface area contributed by atoms with E-state index in [1.165, 1.54) is 40.8 Å². The molecule has 15 rings (SSSR count). The van der Waals surface area contributed by atoms with Crippen LogP contribution in [-0.2, 0) is 16.1 Å². The third-order valence-corrected chi connectivity index (χ3v) is 19.0. The highest BCUT2D eigenvalue weighted by Gasteiger charge is 2.37. The maximum Gasteiger partial charge on any atom is 0.410 e. The first-order valence-electron chi connectivity index (χ1n) is 33.0. The molecule has 7 aromatic carbocycles. The van der Waals surface area contributed by atoms with Gasteiger partial charge in [-0.15, -0.1) is 0 Å². The zero-order valence-electron chi connectivity index (χ0n) is 53.6. The molecule has 2 aromatic heterocycles. The second-order valence-electron chi connectivity index (χ2n) is 26.4. The quantitative estimate of drug-likeness (QED) is 0.0935. The lowest BCUT2D eigenvalue weighted by atomic mass is 9.95. The standard InChI is InChI=1S/C46H46N4O5.C33H32N4O.H2S/c1-46(2,3)55-45(53)50-24-7-11-41(50)39-26-36(28-47-39)34-19-15-32(16-20-34)31-13-17-33(18-14-31)35-21-22-37-38(25-35)48-40(27-43(37)51)42-12-8-23-49(42)44(52)54-29-30-9-5-4-6-10-30;38-33-19-32(29-4-2-16-35-29)37-30-17-25(13-14-27(30)33)23-9-5-21(6-10-23)22-7-11-24(12-8-22)26-18-31(36-20-26)28-3-1-15-34-28;/h4-6,9-10,13-22,25,27-28,41-42H,7-8,11-12,23-24,26,29H2,1-3H3,(H,48,51);5-14,17,19-20,28-29,34-35H,1-4,15-16,18H2,(H,37,38);1H2/t41-,42?;28-,29?;/m00./s1. The monoisotopic (exact) mass is 1270 g/mol. The van der Waals surface area contributed by atoms with Crippen LogP contribution in [0.4, 0.5) is 9.59 Å². The second kappa shape index (κ2) is 27.7. The molecular weight excluding hydrogens is 1190 g/mol. The van der Waals surface area contributed by atoms with Crippen LogP contribution >= 0.6 is 13.5 Å². The number of nitrogens with one attached hydrogen (secondary N) is 4. The van der Waals surface area contributed by atoms with Gasteiger partial charge < -0.3 is 30.1 Å². The van der Waals surface area contributed by atoms with Crippen LogP contribution in [0.15, 0.2) is 208 Å². The molecule has 2 unspecified atom stereocenters. The summed E-state index contributed by atoms with van der Waals surface area (Å²) in [6.45, 7) is 9.27. The predicted octanol–water partition coefficient (Wildman–Crippen LogP) is 16.3. The van der Waals surface area contributed by atoms with Crippen LogP contribution in [-0.4, -0.2) is 87.2 Å². The summed E-state index contributed by atoms with van der Waals surface area (Å²) in [4.78, 5) is 72.0. The molecule has 4 fully saturated rings. The van der Waals surface area contributed by atoms with Crippen molar-refractivity contribution >= 4 is 70.1 Å². The molecule has 94 heavy (non-hydrogen) atoms. The second-order valence-corrected chi connectivity index (χ2v) is 26.4. The number of ether oxygens (including phenoxy) is 2. The van der Waals surface area contributed by atoms with E-state index >= 15 is 0 Å². The number of fused-ring (bicyclic) bond motifs is 2. The molecule has 2 amide bonds. The minimum Gasteiger partial charge on any atom is -0.445 e. The van der Waals surface area contributed by atoms with Crippen molar-refractivity contribution in [3.63, 3.8) is 0 Å². The van der Waals surface area contributed by atoms with Crippen LogP contribution in [0.1, 0.15) is 125 Å². The summed E-state index contributed by atoms with van der Waals surface area (Å²) >= 11 is 0. The van der Waals surface area contributed by atoms with Gasteiger partial charge in [0.05, 0.1) is 23.1 Å². The van der Waals surface area contributed by atoms with Crippen molar-refractivity contribution in [2.45, 2.75) is 121 Å². The average Bonchev–Trinajstić information content (AvgIpc) is 1.47. The van der Waals surface area contributed by atoms with E-state index in [4.69, 9.17) is 19.5 Å². The van der Waals surface area contributed by atoms with Crippen LogP contribution in [0.5, 0.6) is 0 Å².